The SMILES string of the molecule is Nc1ccn(C[C@H]2C[C@H](OCc3ccccc3)[C@@H](COCc3ccccc3)O2)c(=O)n1. The first kappa shape index (κ1) is 21.2. The topological polar surface area (TPSA) is 88.6 Å². The van der Waals surface area contributed by atoms with Gasteiger partial charge < -0.3 is 19.9 Å². The van der Waals surface area contributed by atoms with Gasteiger partial charge in [0.25, 0.3) is 0 Å². The van der Waals surface area contributed by atoms with E-state index in [1.807, 2.05) is 60.7 Å². The van der Waals surface area contributed by atoms with E-state index in [-0.39, 0.29) is 29.8 Å². The van der Waals surface area contributed by atoms with E-state index in [1.54, 1.807) is 12.3 Å². The van der Waals surface area contributed by atoms with Crippen molar-refractivity contribution < 1.29 is 14.2 Å². The molecule has 0 amide bonds. The number of nitrogens with zero attached hydrogens (tertiary/aromatic N) is 2. The molecular weight excluding hydrogens is 394 g/mol. The van der Waals surface area contributed by atoms with Gasteiger partial charge in [0.05, 0.1) is 38.6 Å². The lowest BCUT2D eigenvalue weighted by molar-refractivity contribution is -0.0728. The van der Waals surface area contributed by atoms with Gasteiger partial charge in [-0.25, -0.2) is 4.79 Å². The predicted octanol–water partition coefficient (Wildman–Crippen LogP) is 2.79. The van der Waals surface area contributed by atoms with Crippen LogP contribution in [0, 0.1) is 0 Å². The second kappa shape index (κ2) is 10.3. The van der Waals surface area contributed by atoms with Crippen LogP contribution in [0.1, 0.15) is 17.5 Å². The van der Waals surface area contributed by atoms with Crippen LogP contribution in [0.2, 0.25) is 0 Å². The molecule has 0 spiro atoms. The van der Waals surface area contributed by atoms with E-state index in [0.29, 0.717) is 32.8 Å². The molecule has 0 aliphatic carbocycles. The Morgan fingerprint density at radius 3 is 2.35 bits per heavy atom. The Morgan fingerprint density at radius 1 is 1.00 bits per heavy atom. The summed E-state index contributed by atoms with van der Waals surface area (Å²) in [4.78, 5) is 15.9. The van der Waals surface area contributed by atoms with Crippen LogP contribution in [-0.4, -0.2) is 34.5 Å². The molecule has 3 atom stereocenters. The van der Waals surface area contributed by atoms with E-state index in [4.69, 9.17) is 19.9 Å². The molecule has 1 aromatic heterocycles. The molecule has 2 N–H and O–H groups in total. The molecule has 4 rings (SSSR count). The monoisotopic (exact) mass is 421 g/mol. The summed E-state index contributed by atoms with van der Waals surface area (Å²) in [5.41, 5.74) is 7.42. The van der Waals surface area contributed by atoms with Gasteiger partial charge in [-0.1, -0.05) is 60.7 Å². The van der Waals surface area contributed by atoms with E-state index in [0.717, 1.165) is 11.1 Å². The minimum absolute atomic E-state index is 0.126. The highest BCUT2D eigenvalue weighted by Gasteiger charge is 2.36. The molecule has 7 nitrogen and oxygen atoms in total. The average Bonchev–Trinajstić information content (AvgIpc) is 3.17. The lowest BCUT2D eigenvalue weighted by Gasteiger charge is -2.19. The van der Waals surface area contributed by atoms with Crippen molar-refractivity contribution in [3.05, 3.63) is 94.5 Å². The summed E-state index contributed by atoms with van der Waals surface area (Å²) in [6.45, 7) is 1.82. The number of nitrogens with two attached hydrogens (primary N) is 1. The van der Waals surface area contributed by atoms with Gasteiger partial charge in [0, 0.05) is 12.6 Å². The quantitative estimate of drug-likeness (QED) is 0.572. The van der Waals surface area contributed by atoms with Crippen LogP contribution in [0.3, 0.4) is 0 Å². The molecule has 7 heteroatoms. The molecule has 0 saturated carbocycles. The van der Waals surface area contributed by atoms with Crippen LogP contribution < -0.4 is 11.4 Å². The highest BCUT2D eigenvalue weighted by atomic mass is 16.6. The maximum Gasteiger partial charge on any atom is 0.349 e. The lowest BCUT2D eigenvalue weighted by Crippen LogP contribution is -2.30. The molecule has 0 radical (unpaired) electrons. The fourth-order valence-electron chi connectivity index (χ4n) is 3.69. The summed E-state index contributed by atoms with van der Waals surface area (Å²) in [5.74, 6) is 0.213. The zero-order chi connectivity index (χ0) is 21.5. The standard InChI is InChI=1S/C24H27N3O4/c25-23-11-12-27(24(28)26-23)14-20-13-21(30-16-19-9-5-2-6-10-19)22(31-20)17-29-15-18-7-3-1-4-8-18/h1-12,20-22H,13-17H2,(H2,25,26,28)/t20-,21+,22-/m1/s1. The number of hydrogen-bond donors (Lipinski definition) is 1. The molecule has 1 saturated heterocycles. The first-order chi connectivity index (χ1) is 15.2. The number of hydrogen-bond acceptors (Lipinski definition) is 6. The minimum Gasteiger partial charge on any atom is -0.383 e. The third-order valence-electron chi connectivity index (χ3n) is 5.27. The van der Waals surface area contributed by atoms with E-state index in [9.17, 15) is 4.79 Å². The zero-order valence-electron chi connectivity index (χ0n) is 17.3. The second-order valence-electron chi connectivity index (χ2n) is 7.66. The Labute approximate surface area is 181 Å². The Morgan fingerprint density at radius 2 is 1.68 bits per heavy atom. The fraction of sp³-hybridized carbons (Fsp3) is 0.333. The van der Waals surface area contributed by atoms with E-state index in [1.165, 1.54) is 4.57 Å². The Kier molecular flexibility index (Phi) is 7.09. The van der Waals surface area contributed by atoms with Crippen LogP contribution in [0.25, 0.3) is 0 Å². The zero-order valence-corrected chi connectivity index (χ0v) is 17.3. The number of nitrogen functional groups attached to an aromatic ring is 1. The molecule has 1 aliphatic rings. The van der Waals surface area contributed by atoms with Crippen LogP contribution >= 0.6 is 0 Å². The number of ether oxygens (including phenoxy) is 3. The molecule has 31 heavy (non-hydrogen) atoms. The van der Waals surface area contributed by atoms with Gasteiger partial charge in [-0.2, -0.15) is 4.98 Å². The van der Waals surface area contributed by atoms with Gasteiger partial charge in [0.2, 0.25) is 0 Å². The van der Waals surface area contributed by atoms with E-state index >= 15 is 0 Å². The maximum absolute atomic E-state index is 12.1. The van der Waals surface area contributed by atoms with Crippen molar-refractivity contribution in [3.8, 4) is 0 Å². The van der Waals surface area contributed by atoms with Crippen LogP contribution in [0.15, 0.2) is 77.7 Å². The highest BCUT2D eigenvalue weighted by Crippen LogP contribution is 2.26. The van der Waals surface area contributed by atoms with Crippen molar-refractivity contribution in [3.63, 3.8) is 0 Å². The molecular formula is C24H27N3O4. The molecule has 0 unspecified atom stereocenters. The number of anilines is 1. The number of rotatable bonds is 9. The number of aromatic nitrogens is 2. The molecule has 2 heterocycles. The third kappa shape index (κ3) is 6.01. The smallest absolute Gasteiger partial charge is 0.349 e. The summed E-state index contributed by atoms with van der Waals surface area (Å²) in [5, 5.41) is 0. The molecule has 1 aliphatic heterocycles. The largest absolute Gasteiger partial charge is 0.383 e. The predicted molar refractivity (Wildman–Crippen MR) is 117 cm³/mol. The van der Waals surface area contributed by atoms with Crippen molar-refractivity contribution in [2.45, 2.75) is 44.5 Å². The molecule has 1 fully saturated rings. The Hall–Kier alpha value is -3.00. The second-order valence-corrected chi connectivity index (χ2v) is 7.66. The first-order valence-corrected chi connectivity index (χ1v) is 10.4. The van der Waals surface area contributed by atoms with Gasteiger partial charge >= 0.3 is 5.69 Å². The number of benzene rings is 2. The van der Waals surface area contributed by atoms with E-state index in [2.05, 4.69) is 4.98 Å². The summed E-state index contributed by atoms with van der Waals surface area (Å²) in [6.07, 6.45) is 1.80. The first-order valence-electron chi connectivity index (χ1n) is 10.4. The third-order valence-corrected chi connectivity index (χ3v) is 5.27. The Balaban J connectivity index is 1.38. The summed E-state index contributed by atoms with van der Waals surface area (Å²) < 4.78 is 19.9. The summed E-state index contributed by atoms with van der Waals surface area (Å²) in [7, 11) is 0. The van der Waals surface area contributed by atoms with Gasteiger partial charge in [-0.15, -0.1) is 0 Å². The van der Waals surface area contributed by atoms with Crippen molar-refractivity contribution >= 4 is 5.82 Å². The lowest BCUT2D eigenvalue weighted by atomic mass is 10.1. The fourth-order valence-corrected chi connectivity index (χ4v) is 3.69. The van der Waals surface area contributed by atoms with Crippen LogP contribution in [0.5, 0.6) is 0 Å². The minimum atomic E-state index is -0.380. The van der Waals surface area contributed by atoms with Crippen LogP contribution in [0.4, 0.5) is 5.82 Å². The molecule has 162 valence electrons. The van der Waals surface area contributed by atoms with Crippen molar-refractivity contribution in [2.75, 3.05) is 12.3 Å². The van der Waals surface area contributed by atoms with Gasteiger partial charge in [0.1, 0.15) is 11.9 Å². The maximum atomic E-state index is 12.1. The normalized spacial score (nSPS) is 20.7. The van der Waals surface area contributed by atoms with Gasteiger partial charge in [-0.3, -0.25) is 4.57 Å². The van der Waals surface area contributed by atoms with Crippen molar-refractivity contribution in [2.24, 2.45) is 0 Å². The highest BCUT2D eigenvalue weighted by molar-refractivity contribution is 5.23. The van der Waals surface area contributed by atoms with Crippen LogP contribution in [-0.2, 0) is 34.0 Å². The molecule has 3 aromatic rings. The molecule has 2 aromatic carbocycles. The summed E-state index contributed by atoms with van der Waals surface area (Å²) in [6, 6.07) is 21.7. The average molecular weight is 421 g/mol. The van der Waals surface area contributed by atoms with Crippen molar-refractivity contribution in [1.29, 1.82) is 0 Å². The molecule has 0 bridgehead atoms. The van der Waals surface area contributed by atoms with Gasteiger partial charge in [-0.05, 0) is 17.2 Å². The van der Waals surface area contributed by atoms with E-state index < -0.39 is 0 Å². The summed E-state index contributed by atoms with van der Waals surface area (Å²) >= 11 is 0. The Bertz CT molecular complexity index is 1010. The van der Waals surface area contributed by atoms with Crippen molar-refractivity contribution in [1.82, 2.24) is 9.55 Å². The van der Waals surface area contributed by atoms with Gasteiger partial charge in [0.15, 0.2) is 0 Å².